The summed E-state index contributed by atoms with van der Waals surface area (Å²) in [5.74, 6) is -1.49. The van der Waals surface area contributed by atoms with Gasteiger partial charge in [0, 0.05) is 0 Å². The van der Waals surface area contributed by atoms with Crippen LogP contribution in [0.3, 0.4) is 0 Å². The summed E-state index contributed by atoms with van der Waals surface area (Å²) in [4.78, 5) is 23.7. The summed E-state index contributed by atoms with van der Waals surface area (Å²) >= 11 is 0. The summed E-state index contributed by atoms with van der Waals surface area (Å²) in [7, 11) is 0. The first-order valence-corrected chi connectivity index (χ1v) is 10.5. The van der Waals surface area contributed by atoms with Gasteiger partial charge in [0.15, 0.2) is 0 Å². The third-order valence-corrected chi connectivity index (χ3v) is 4.69. The van der Waals surface area contributed by atoms with Crippen molar-refractivity contribution in [1.29, 1.82) is 0 Å². The molecule has 0 saturated carbocycles. The Morgan fingerprint density at radius 2 is 1.15 bits per heavy atom. The summed E-state index contributed by atoms with van der Waals surface area (Å²) < 4.78 is 4.83. The molecular weight excluding hydrogens is 339 g/mol. The third-order valence-electron chi connectivity index (χ3n) is 4.69. The fourth-order valence-electron chi connectivity index (χ4n) is 2.99. The quantitative estimate of drug-likeness (QED) is 0.194. The Morgan fingerprint density at radius 1 is 0.769 bits per heavy atom. The van der Waals surface area contributed by atoms with Crippen LogP contribution in [0.5, 0.6) is 0 Å². The van der Waals surface area contributed by atoms with Crippen LogP contribution in [0.4, 0.5) is 0 Å². The number of unbranched alkanes of at least 4 members (excludes halogenated alkanes) is 10. The minimum Gasteiger partial charge on any atom is -1.00 e. The molecule has 0 aromatic carbocycles. The molecule has 0 amide bonds. The molecule has 0 aromatic rings. The standard InChI is InChI=1S/C21H40O4.Na.H/c1-4-6-8-10-11-13-15-17-19(16-14-12-9-7-5-2)21(24)25-20(23)18(3)22;;/h18-19,22H,4-17H2,1-3H3;;/q;+1;-1. The number of aliphatic hydroxyl groups excluding tert-OH is 1. The van der Waals surface area contributed by atoms with E-state index in [2.05, 4.69) is 13.8 Å². The van der Waals surface area contributed by atoms with Gasteiger partial charge in [0.1, 0.15) is 6.10 Å². The molecule has 0 aliphatic carbocycles. The molecule has 0 radical (unpaired) electrons. The van der Waals surface area contributed by atoms with Crippen LogP contribution in [0.15, 0.2) is 0 Å². The molecule has 150 valence electrons. The first kappa shape index (κ1) is 28.3. The summed E-state index contributed by atoms with van der Waals surface area (Å²) in [5, 5.41) is 9.21. The number of ether oxygens (including phenoxy) is 1. The van der Waals surface area contributed by atoms with Gasteiger partial charge in [-0.15, -0.1) is 0 Å². The Balaban J connectivity index is -0.00000288. The van der Waals surface area contributed by atoms with E-state index in [0.717, 1.165) is 38.5 Å². The minimum absolute atomic E-state index is 0. The maximum Gasteiger partial charge on any atom is 1.00 e. The number of carbonyl (C=O) groups excluding carboxylic acids is 2. The van der Waals surface area contributed by atoms with Gasteiger partial charge in [0.2, 0.25) is 0 Å². The van der Waals surface area contributed by atoms with Gasteiger partial charge in [0.25, 0.3) is 0 Å². The van der Waals surface area contributed by atoms with E-state index in [1.54, 1.807) is 0 Å². The van der Waals surface area contributed by atoms with Crippen LogP contribution in [0.1, 0.15) is 112 Å². The topological polar surface area (TPSA) is 63.6 Å². The second-order valence-electron chi connectivity index (χ2n) is 7.23. The summed E-state index contributed by atoms with van der Waals surface area (Å²) in [5.41, 5.74) is 0. The van der Waals surface area contributed by atoms with Crippen molar-refractivity contribution in [3.05, 3.63) is 0 Å². The number of hydrogen-bond donors (Lipinski definition) is 1. The normalized spacial score (nSPS) is 12.9. The van der Waals surface area contributed by atoms with Crippen molar-refractivity contribution in [2.45, 2.75) is 117 Å². The number of carbonyl (C=O) groups is 2. The fraction of sp³-hybridized carbons (Fsp3) is 0.905. The average molecular weight is 381 g/mol. The molecule has 0 aliphatic heterocycles. The predicted octanol–water partition coefficient (Wildman–Crippen LogP) is 2.67. The van der Waals surface area contributed by atoms with Crippen LogP contribution >= 0.6 is 0 Å². The van der Waals surface area contributed by atoms with Gasteiger partial charge in [-0.25, -0.2) is 4.79 Å². The molecule has 0 spiro atoms. The van der Waals surface area contributed by atoms with Crippen molar-refractivity contribution in [2.24, 2.45) is 5.92 Å². The molecule has 0 rings (SSSR count). The van der Waals surface area contributed by atoms with E-state index >= 15 is 0 Å². The molecule has 0 fully saturated rings. The van der Waals surface area contributed by atoms with E-state index in [1.165, 1.54) is 58.3 Å². The molecule has 5 heteroatoms. The second kappa shape index (κ2) is 19.9. The molecule has 0 saturated heterocycles. The average Bonchev–Trinajstić information content (AvgIpc) is 2.58. The molecule has 0 aliphatic rings. The van der Waals surface area contributed by atoms with Crippen LogP contribution in [-0.2, 0) is 14.3 Å². The maximum absolute atomic E-state index is 12.2. The zero-order chi connectivity index (χ0) is 18.9. The Labute approximate surface area is 184 Å². The second-order valence-corrected chi connectivity index (χ2v) is 7.23. The van der Waals surface area contributed by atoms with Gasteiger partial charge in [-0.3, -0.25) is 4.79 Å². The van der Waals surface area contributed by atoms with E-state index in [-0.39, 0.29) is 36.9 Å². The van der Waals surface area contributed by atoms with Crippen molar-refractivity contribution in [1.82, 2.24) is 0 Å². The monoisotopic (exact) mass is 380 g/mol. The zero-order valence-corrected chi connectivity index (χ0v) is 19.7. The largest absolute Gasteiger partial charge is 1.00 e. The van der Waals surface area contributed by atoms with Gasteiger partial charge >= 0.3 is 41.5 Å². The van der Waals surface area contributed by atoms with Crippen molar-refractivity contribution in [2.75, 3.05) is 0 Å². The molecule has 0 aromatic heterocycles. The van der Waals surface area contributed by atoms with Crippen molar-refractivity contribution < 1.29 is 50.4 Å². The SMILES string of the molecule is CCCCCCCCCC(CCCCCCC)C(=O)OC(=O)C(C)O.[H-].[Na+]. The van der Waals surface area contributed by atoms with Crippen LogP contribution in [0.2, 0.25) is 0 Å². The maximum atomic E-state index is 12.2. The summed E-state index contributed by atoms with van der Waals surface area (Å²) in [6, 6.07) is 0. The van der Waals surface area contributed by atoms with Gasteiger partial charge in [-0.05, 0) is 19.8 Å². The van der Waals surface area contributed by atoms with Crippen molar-refractivity contribution in [3.63, 3.8) is 0 Å². The predicted molar refractivity (Wildman–Crippen MR) is 103 cm³/mol. The number of esters is 2. The summed E-state index contributed by atoms with van der Waals surface area (Å²) in [6.45, 7) is 5.72. The van der Waals surface area contributed by atoms with E-state index in [0.29, 0.717) is 0 Å². The molecular formula is C21H41NaO4. The molecule has 0 bridgehead atoms. The Bertz CT molecular complexity index is 351. The van der Waals surface area contributed by atoms with Gasteiger partial charge in [0.05, 0.1) is 5.92 Å². The zero-order valence-electron chi connectivity index (χ0n) is 18.7. The minimum atomic E-state index is -1.24. The molecule has 0 heterocycles. The van der Waals surface area contributed by atoms with E-state index in [9.17, 15) is 14.7 Å². The van der Waals surface area contributed by atoms with E-state index in [4.69, 9.17) is 4.74 Å². The van der Waals surface area contributed by atoms with E-state index in [1.807, 2.05) is 0 Å². The Hall–Kier alpha value is 0.1000. The van der Waals surface area contributed by atoms with Crippen LogP contribution in [-0.4, -0.2) is 23.1 Å². The smallest absolute Gasteiger partial charge is 1.00 e. The van der Waals surface area contributed by atoms with Crippen LogP contribution in [0, 0.1) is 5.92 Å². The number of hydrogen-bond acceptors (Lipinski definition) is 4. The van der Waals surface area contributed by atoms with Crippen LogP contribution < -0.4 is 29.6 Å². The number of aliphatic hydroxyl groups is 1. The molecule has 26 heavy (non-hydrogen) atoms. The molecule has 2 unspecified atom stereocenters. The van der Waals surface area contributed by atoms with Gasteiger partial charge in [-0.2, -0.15) is 0 Å². The molecule has 1 N–H and O–H groups in total. The summed E-state index contributed by atoms with van der Waals surface area (Å²) in [6.07, 6.45) is 14.5. The van der Waals surface area contributed by atoms with Gasteiger partial charge in [-0.1, -0.05) is 90.9 Å². The first-order chi connectivity index (χ1) is 12.0. The van der Waals surface area contributed by atoms with Crippen molar-refractivity contribution in [3.8, 4) is 0 Å². The Kier molecular flexibility index (Phi) is 21.6. The molecule has 4 nitrogen and oxygen atoms in total. The molecule has 2 atom stereocenters. The van der Waals surface area contributed by atoms with Crippen LogP contribution in [0.25, 0.3) is 0 Å². The van der Waals surface area contributed by atoms with Crippen molar-refractivity contribution >= 4 is 11.9 Å². The fourth-order valence-corrected chi connectivity index (χ4v) is 2.99. The van der Waals surface area contributed by atoms with E-state index < -0.39 is 18.0 Å². The third kappa shape index (κ3) is 16.3. The Morgan fingerprint density at radius 3 is 1.54 bits per heavy atom. The van der Waals surface area contributed by atoms with Gasteiger partial charge < -0.3 is 11.3 Å². The number of rotatable bonds is 16. The first-order valence-electron chi connectivity index (χ1n) is 10.5.